The first-order valence-electron chi connectivity index (χ1n) is 5.68. The summed E-state index contributed by atoms with van der Waals surface area (Å²) in [6.07, 6.45) is -4.43. The number of carbonyl (C=O) groups excluding carboxylic acids is 1. The van der Waals surface area contributed by atoms with E-state index in [0.717, 1.165) is 17.7 Å². The quantitative estimate of drug-likeness (QED) is 0.880. The molecule has 2 rings (SSSR count). The largest absolute Gasteiger partial charge is 0.416 e. The summed E-state index contributed by atoms with van der Waals surface area (Å²) in [6, 6.07) is 5.81. The van der Waals surface area contributed by atoms with E-state index >= 15 is 0 Å². The minimum atomic E-state index is -4.43. The Balaban J connectivity index is 1.94. The van der Waals surface area contributed by atoms with Crippen molar-refractivity contribution in [2.24, 2.45) is 0 Å². The highest BCUT2D eigenvalue weighted by molar-refractivity contribution is 7.07. The van der Waals surface area contributed by atoms with Crippen LogP contribution in [0.2, 0.25) is 0 Å². The van der Waals surface area contributed by atoms with Crippen LogP contribution in [-0.4, -0.2) is 6.03 Å². The van der Waals surface area contributed by atoms with E-state index in [4.69, 9.17) is 0 Å². The third-order valence-corrected chi connectivity index (χ3v) is 3.21. The van der Waals surface area contributed by atoms with Crippen molar-refractivity contribution in [2.75, 3.05) is 5.32 Å². The molecule has 0 spiro atoms. The molecule has 0 saturated carbocycles. The molecule has 0 aliphatic heterocycles. The normalized spacial score (nSPS) is 11.2. The number of halogens is 3. The van der Waals surface area contributed by atoms with Gasteiger partial charge in [0.05, 0.1) is 5.56 Å². The molecule has 0 saturated heterocycles. The Morgan fingerprint density at radius 2 is 2.05 bits per heavy atom. The fourth-order valence-corrected chi connectivity index (χ4v) is 2.19. The first-order valence-corrected chi connectivity index (χ1v) is 6.62. The number of urea groups is 1. The van der Waals surface area contributed by atoms with Gasteiger partial charge < -0.3 is 10.6 Å². The molecule has 2 amide bonds. The van der Waals surface area contributed by atoms with E-state index in [1.807, 2.05) is 16.8 Å². The molecule has 20 heavy (non-hydrogen) atoms. The number of hydrogen-bond donors (Lipinski definition) is 2. The molecule has 0 radical (unpaired) electrons. The van der Waals surface area contributed by atoms with Crippen LogP contribution in [-0.2, 0) is 12.7 Å². The van der Waals surface area contributed by atoms with Crippen LogP contribution in [0, 0.1) is 0 Å². The van der Waals surface area contributed by atoms with E-state index in [-0.39, 0.29) is 5.69 Å². The van der Waals surface area contributed by atoms with E-state index in [1.54, 1.807) is 0 Å². The molecule has 0 atom stereocenters. The van der Waals surface area contributed by atoms with Crippen molar-refractivity contribution in [3.63, 3.8) is 0 Å². The molecule has 0 fully saturated rings. The van der Waals surface area contributed by atoms with Gasteiger partial charge in [0, 0.05) is 12.2 Å². The van der Waals surface area contributed by atoms with Gasteiger partial charge in [-0.1, -0.05) is 6.07 Å². The smallest absolute Gasteiger partial charge is 0.334 e. The van der Waals surface area contributed by atoms with Crippen LogP contribution in [0.3, 0.4) is 0 Å². The minimum Gasteiger partial charge on any atom is -0.334 e. The fourth-order valence-electron chi connectivity index (χ4n) is 1.52. The molecule has 0 aliphatic rings. The number of amides is 2. The molecule has 3 nitrogen and oxygen atoms in total. The van der Waals surface area contributed by atoms with Crippen LogP contribution in [0.1, 0.15) is 11.1 Å². The molecule has 0 unspecified atom stereocenters. The standard InChI is InChI=1S/C13H11F3N2OS/c14-13(15,16)10-2-1-3-11(6-10)18-12(19)17-7-9-4-5-20-8-9/h1-6,8H,7H2,(H2,17,18,19). The lowest BCUT2D eigenvalue weighted by molar-refractivity contribution is -0.137. The van der Waals surface area contributed by atoms with Crippen LogP contribution < -0.4 is 10.6 Å². The SMILES string of the molecule is O=C(NCc1ccsc1)Nc1cccc(C(F)(F)F)c1. The molecular formula is C13H11F3N2OS. The zero-order valence-corrected chi connectivity index (χ0v) is 11.0. The summed E-state index contributed by atoms with van der Waals surface area (Å²) in [7, 11) is 0. The number of alkyl halides is 3. The maximum atomic E-state index is 12.5. The van der Waals surface area contributed by atoms with Gasteiger partial charge in [0.25, 0.3) is 0 Å². The zero-order chi connectivity index (χ0) is 14.6. The predicted molar refractivity (Wildman–Crippen MR) is 71.6 cm³/mol. The van der Waals surface area contributed by atoms with Crippen molar-refractivity contribution in [3.8, 4) is 0 Å². The van der Waals surface area contributed by atoms with Crippen LogP contribution in [0.25, 0.3) is 0 Å². The van der Waals surface area contributed by atoms with Crippen molar-refractivity contribution < 1.29 is 18.0 Å². The number of hydrogen-bond acceptors (Lipinski definition) is 2. The summed E-state index contributed by atoms with van der Waals surface area (Å²) in [5, 5.41) is 8.69. The van der Waals surface area contributed by atoms with Gasteiger partial charge in [-0.05, 0) is 40.6 Å². The summed E-state index contributed by atoms with van der Waals surface area (Å²) in [5.41, 5.74) is 0.241. The second kappa shape index (κ2) is 5.96. The average Bonchev–Trinajstić information content (AvgIpc) is 2.89. The van der Waals surface area contributed by atoms with Gasteiger partial charge in [-0.25, -0.2) is 4.79 Å². The van der Waals surface area contributed by atoms with Crippen LogP contribution >= 0.6 is 11.3 Å². The molecule has 1 heterocycles. The Morgan fingerprint density at radius 3 is 2.70 bits per heavy atom. The van der Waals surface area contributed by atoms with Crippen LogP contribution in [0.5, 0.6) is 0 Å². The third-order valence-electron chi connectivity index (χ3n) is 2.48. The first kappa shape index (κ1) is 14.4. The highest BCUT2D eigenvalue weighted by Crippen LogP contribution is 2.30. The Bertz CT molecular complexity index is 582. The lowest BCUT2D eigenvalue weighted by Gasteiger charge is -2.10. The summed E-state index contributed by atoms with van der Waals surface area (Å²) >= 11 is 1.50. The van der Waals surface area contributed by atoms with E-state index < -0.39 is 17.8 Å². The van der Waals surface area contributed by atoms with Gasteiger partial charge >= 0.3 is 12.2 Å². The van der Waals surface area contributed by atoms with Crippen LogP contribution in [0.4, 0.5) is 23.7 Å². The Hall–Kier alpha value is -2.02. The predicted octanol–water partition coefficient (Wildman–Crippen LogP) is 4.09. The van der Waals surface area contributed by atoms with Crippen molar-refractivity contribution in [1.29, 1.82) is 0 Å². The number of carbonyl (C=O) groups is 1. The topological polar surface area (TPSA) is 41.1 Å². The van der Waals surface area contributed by atoms with E-state index in [2.05, 4.69) is 10.6 Å². The van der Waals surface area contributed by atoms with Crippen molar-refractivity contribution >= 4 is 23.1 Å². The summed E-state index contributed by atoms with van der Waals surface area (Å²) in [4.78, 5) is 11.6. The number of rotatable bonds is 3. The van der Waals surface area contributed by atoms with Crippen molar-refractivity contribution in [3.05, 3.63) is 52.2 Å². The van der Waals surface area contributed by atoms with Crippen molar-refractivity contribution in [2.45, 2.75) is 12.7 Å². The Morgan fingerprint density at radius 1 is 1.25 bits per heavy atom. The minimum absolute atomic E-state index is 0.0997. The zero-order valence-electron chi connectivity index (χ0n) is 10.2. The number of thiophene rings is 1. The number of anilines is 1. The first-order chi connectivity index (χ1) is 9.45. The average molecular weight is 300 g/mol. The molecule has 1 aromatic heterocycles. The van der Waals surface area contributed by atoms with E-state index in [1.165, 1.54) is 23.5 Å². The molecule has 106 valence electrons. The Kier molecular flexibility index (Phi) is 4.29. The van der Waals surface area contributed by atoms with Gasteiger partial charge in [0.15, 0.2) is 0 Å². The highest BCUT2D eigenvalue weighted by atomic mass is 32.1. The third kappa shape index (κ3) is 3.99. The summed E-state index contributed by atoms with van der Waals surface area (Å²) < 4.78 is 37.5. The second-order valence-electron chi connectivity index (χ2n) is 4.02. The molecule has 2 N–H and O–H groups in total. The maximum absolute atomic E-state index is 12.5. The van der Waals surface area contributed by atoms with Gasteiger partial charge in [0.1, 0.15) is 0 Å². The van der Waals surface area contributed by atoms with Gasteiger partial charge in [-0.3, -0.25) is 0 Å². The number of benzene rings is 1. The monoisotopic (exact) mass is 300 g/mol. The van der Waals surface area contributed by atoms with Gasteiger partial charge in [-0.2, -0.15) is 24.5 Å². The van der Waals surface area contributed by atoms with Gasteiger partial charge in [0.2, 0.25) is 0 Å². The lowest BCUT2D eigenvalue weighted by atomic mass is 10.2. The molecular weight excluding hydrogens is 289 g/mol. The molecule has 1 aromatic carbocycles. The molecule has 0 aliphatic carbocycles. The maximum Gasteiger partial charge on any atom is 0.416 e. The molecule has 7 heteroatoms. The van der Waals surface area contributed by atoms with Gasteiger partial charge in [-0.15, -0.1) is 0 Å². The number of nitrogens with one attached hydrogen (secondary N) is 2. The lowest BCUT2D eigenvalue weighted by Crippen LogP contribution is -2.28. The summed E-state index contributed by atoms with van der Waals surface area (Å²) in [5.74, 6) is 0. The molecule has 0 bridgehead atoms. The highest BCUT2D eigenvalue weighted by Gasteiger charge is 2.30. The second-order valence-corrected chi connectivity index (χ2v) is 4.80. The Labute approximate surface area is 117 Å². The van der Waals surface area contributed by atoms with E-state index in [0.29, 0.717) is 6.54 Å². The van der Waals surface area contributed by atoms with E-state index in [9.17, 15) is 18.0 Å². The van der Waals surface area contributed by atoms with Crippen molar-refractivity contribution in [1.82, 2.24) is 5.32 Å². The fraction of sp³-hybridized carbons (Fsp3) is 0.154. The van der Waals surface area contributed by atoms with Crippen LogP contribution in [0.15, 0.2) is 41.1 Å². The molecule has 2 aromatic rings. The summed E-state index contributed by atoms with van der Waals surface area (Å²) in [6.45, 7) is 0.328.